The SMILES string of the molecule is CCOCCOCCOCCNC(=O)OC(C)(C)C.[HH]. The van der Waals surface area contributed by atoms with E-state index in [1.54, 1.807) is 0 Å². The van der Waals surface area contributed by atoms with Crippen molar-refractivity contribution in [3.8, 4) is 0 Å². The number of hydrogen-bond acceptors (Lipinski definition) is 5. The molecule has 0 aliphatic rings. The summed E-state index contributed by atoms with van der Waals surface area (Å²) in [6, 6.07) is 0. The lowest BCUT2D eigenvalue weighted by atomic mass is 10.2. The van der Waals surface area contributed by atoms with Gasteiger partial charge in [-0.05, 0) is 27.7 Å². The van der Waals surface area contributed by atoms with Crippen LogP contribution in [-0.2, 0) is 18.9 Å². The third kappa shape index (κ3) is 15.1. The van der Waals surface area contributed by atoms with Crippen LogP contribution in [0.2, 0.25) is 0 Å². The first kappa shape index (κ1) is 18.1. The van der Waals surface area contributed by atoms with Crippen molar-refractivity contribution in [3.05, 3.63) is 0 Å². The number of hydrogen-bond donors (Lipinski definition) is 1. The third-order valence-corrected chi connectivity index (χ3v) is 1.86. The number of carbonyl (C=O) groups excluding carboxylic acids is 1. The molecule has 0 aliphatic heterocycles. The molecule has 0 bridgehead atoms. The minimum atomic E-state index is -0.473. The summed E-state index contributed by atoms with van der Waals surface area (Å²) in [6.07, 6.45) is -0.427. The van der Waals surface area contributed by atoms with Gasteiger partial charge in [-0.15, -0.1) is 0 Å². The predicted molar refractivity (Wildman–Crippen MR) is 74.5 cm³/mol. The summed E-state index contributed by atoms with van der Waals surface area (Å²) in [7, 11) is 0. The van der Waals surface area contributed by atoms with Crippen LogP contribution in [0.5, 0.6) is 0 Å². The Kier molecular flexibility index (Phi) is 10.5. The topological polar surface area (TPSA) is 66.0 Å². The molecule has 0 aliphatic carbocycles. The molecule has 1 amide bonds. The number of ether oxygens (including phenoxy) is 4. The summed E-state index contributed by atoms with van der Waals surface area (Å²) < 4.78 is 20.7. The van der Waals surface area contributed by atoms with Crippen LogP contribution in [0, 0.1) is 0 Å². The van der Waals surface area contributed by atoms with Crippen LogP contribution in [0.3, 0.4) is 0 Å². The van der Waals surface area contributed by atoms with Crippen molar-refractivity contribution < 1.29 is 25.2 Å². The molecule has 0 aromatic rings. The van der Waals surface area contributed by atoms with Gasteiger partial charge in [0.05, 0.1) is 33.0 Å². The molecule has 19 heavy (non-hydrogen) atoms. The first-order valence-corrected chi connectivity index (χ1v) is 6.66. The Bertz CT molecular complexity index is 233. The van der Waals surface area contributed by atoms with E-state index in [2.05, 4.69) is 5.32 Å². The highest BCUT2D eigenvalue weighted by Gasteiger charge is 2.15. The van der Waals surface area contributed by atoms with Crippen LogP contribution in [-0.4, -0.2) is 57.9 Å². The minimum Gasteiger partial charge on any atom is -0.444 e. The molecule has 116 valence electrons. The Labute approximate surface area is 117 Å². The zero-order chi connectivity index (χ0) is 14.6. The first-order valence-electron chi connectivity index (χ1n) is 6.66. The summed E-state index contributed by atoms with van der Waals surface area (Å²) in [4.78, 5) is 11.3. The molecule has 0 unspecified atom stereocenters. The van der Waals surface area contributed by atoms with Gasteiger partial charge >= 0.3 is 6.09 Å². The molecule has 0 radical (unpaired) electrons. The second-order valence-corrected chi connectivity index (χ2v) is 4.85. The van der Waals surface area contributed by atoms with E-state index in [1.165, 1.54) is 0 Å². The van der Waals surface area contributed by atoms with Gasteiger partial charge in [0.25, 0.3) is 0 Å². The Morgan fingerprint density at radius 2 is 1.53 bits per heavy atom. The van der Waals surface area contributed by atoms with Crippen molar-refractivity contribution in [3.63, 3.8) is 0 Å². The Morgan fingerprint density at radius 1 is 1.00 bits per heavy atom. The molecular formula is C13H29NO5. The molecule has 0 aromatic heterocycles. The molecule has 0 aromatic carbocycles. The van der Waals surface area contributed by atoms with Crippen LogP contribution >= 0.6 is 0 Å². The van der Waals surface area contributed by atoms with Crippen molar-refractivity contribution in [2.24, 2.45) is 0 Å². The highest BCUT2D eigenvalue weighted by molar-refractivity contribution is 5.67. The largest absolute Gasteiger partial charge is 0.444 e. The average Bonchev–Trinajstić information content (AvgIpc) is 2.29. The second-order valence-electron chi connectivity index (χ2n) is 4.85. The monoisotopic (exact) mass is 279 g/mol. The summed E-state index contributed by atoms with van der Waals surface area (Å²) in [6.45, 7) is 11.2. The molecule has 0 fully saturated rings. The van der Waals surface area contributed by atoms with E-state index < -0.39 is 11.7 Å². The van der Waals surface area contributed by atoms with E-state index in [0.717, 1.165) is 0 Å². The number of rotatable bonds is 10. The number of amides is 1. The predicted octanol–water partition coefficient (Wildman–Crippen LogP) is 1.83. The molecule has 6 nitrogen and oxygen atoms in total. The molecule has 0 atom stereocenters. The Hall–Kier alpha value is -0.850. The fourth-order valence-electron chi connectivity index (χ4n) is 1.12. The zero-order valence-electron chi connectivity index (χ0n) is 12.5. The number of carbonyl (C=O) groups is 1. The summed E-state index contributed by atoms with van der Waals surface area (Å²) in [5.74, 6) is 0. The van der Waals surface area contributed by atoms with Gasteiger partial charge in [0.1, 0.15) is 5.60 Å². The standard InChI is InChI=1S/C13H27NO5.H2/c1-5-16-8-9-18-11-10-17-7-6-14-12(15)19-13(2,3)4;/h5-11H2,1-4H3,(H,14,15);1H. The van der Waals surface area contributed by atoms with Crippen molar-refractivity contribution >= 4 is 6.09 Å². The van der Waals surface area contributed by atoms with Crippen molar-refractivity contribution in [1.82, 2.24) is 5.32 Å². The van der Waals surface area contributed by atoms with E-state index in [4.69, 9.17) is 18.9 Å². The quantitative estimate of drug-likeness (QED) is 0.618. The Morgan fingerprint density at radius 3 is 2.05 bits per heavy atom. The maximum Gasteiger partial charge on any atom is 0.407 e. The first-order chi connectivity index (χ1) is 8.95. The van der Waals surface area contributed by atoms with Crippen LogP contribution in [0.4, 0.5) is 4.79 Å². The maximum atomic E-state index is 11.3. The van der Waals surface area contributed by atoms with Crippen LogP contribution in [0.25, 0.3) is 0 Å². The molecular weight excluding hydrogens is 250 g/mol. The van der Waals surface area contributed by atoms with E-state index in [-0.39, 0.29) is 1.43 Å². The van der Waals surface area contributed by atoms with Gasteiger partial charge < -0.3 is 24.3 Å². The van der Waals surface area contributed by atoms with Gasteiger partial charge in [0, 0.05) is 14.6 Å². The van der Waals surface area contributed by atoms with E-state index in [9.17, 15) is 4.79 Å². The van der Waals surface area contributed by atoms with Gasteiger partial charge in [-0.1, -0.05) is 0 Å². The van der Waals surface area contributed by atoms with E-state index in [1.807, 2.05) is 27.7 Å². The van der Waals surface area contributed by atoms with Crippen LogP contribution in [0.15, 0.2) is 0 Å². The molecule has 0 rings (SSSR count). The molecule has 0 heterocycles. The van der Waals surface area contributed by atoms with E-state index in [0.29, 0.717) is 46.2 Å². The lowest BCUT2D eigenvalue weighted by Crippen LogP contribution is -2.34. The maximum absolute atomic E-state index is 11.3. The summed E-state index contributed by atoms with van der Waals surface area (Å²) in [5.41, 5.74) is -0.473. The Balaban J connectivity index is 0. The average molecular weight is 279 g/mol. The van der Waals surface area contributed by atoms with Gasteiger partial charge in [-0.25, -0.2) is 4.79 Å². The molecule has 1 N–H and O–H groups in total. The fourth-order valence-corrected chi connectivity index (χ4v) is 1.12. The molecule has 6 heteroatoms. The van der Waals surface area contributed by atoms with Crippen LogP contribution < -0.4 is 5.32 Å². The molecule has 0 spiro atoms. The van der Waals surface area contributed by atoms with Crippen molar-refractivity contribution in [2.75, 3.05) is 46.2 Å². The van der Waals surface area contributed by atoms with Crippen molar-refractivity contribution in [2.45, 2.75) is 33.3 Å². The highest BCUT2D eigenvalue weighted by atomic mass is 16.6. The summed E-state index contributed by atoms with van der Waals surface area (Å²) in [5, 5.41) is 2.61. The van der Waals surface area contributed by atoms with Crippen molar-refractivity contribution in [1.29, 1.82) is 0 Å². The van der Waals surface area contributed by atoms with E-state index >= 15 is 0 Å². The fraction of sp³-hybridized carbons (Fsp3) is 0.923. The summed E-state index contributed by atoms with van der Waals surface area (Å²) >= 11 is 0. The second kappa shape index (κ2) is 11.0. The van der Waals surface area contributed by atoms with Crippen LogP contribution in [0.1, 0.15) is 29.1 Å². The highest BCUT2D eigenvalue weighted by Crippen LogP contribution is 2.05. The lowest BCUT2D eigenvalue weighted by molar-refractivity contribution is 0.0162. The third-order valence-electron chi connectivity index (χ3n) is 1.86. The van der Waals surface area contributed by atoms with Gasteiger partial charge in [-0.3, -0.25) is 0 Å². The smallest absolute Gasteiger partial charge is 0.407 e. The minimum absolute atomic E-state index is 0. The van der Waals surface area contributed by atoms with Gasteiger partial charge in [0.15, 0.2) is 0 Å². The number of nitrogens with one attached hydrogen (secondary N) is 1. The van der Waals surface area contributed by atoms with Gasteiger partial charge in [-0.2, -0.15) is 0 Å². The zero-order valence-corrected chi connectivity index (χ0v) is 12.5. The molecule has 0 saturated heterocycles. The number of alkyl carbamates (subject to hydrolysis) is 1. The normalized spacial score (nSPS) is 11.4. The molecule has 0 saturated carbocycles. The van der Waals surface area contributed by atoms with Gasteiger partial charge in [0.2, 0.25) is 0 Å². The lowest BCUT2D eigenvalue weighted by Gasteiger charge is -2.19.